The average Bonchev–Trinajstić information content (AvgIpc) is 2.18. The molecule has 0 saturated carbocycles. The molecule has 1 N–H and O–H groups in total. The highest BCUT2D eigenvalue weighted by Crippen LogP contribution is 2.00. The molecule has 0 bridgehead atoms. The molecule has 5 heteroatoms. The summed E-state index contributed by atoms with van der Waals surface area (Å²) >= 11 is 0. The van der Waals surface area contributed by atoms with Crippen molar-refractivity contribution in [2.45, 2.75) is 6.92 Å². The first kappa shape index (κ1) is 12.1. The number of amides is 2. The Bertz CT molecular complexity index is 282. The maximum atomic E-state index is 10.8. The lowest BCUT2D eigenvalue weighted by atomic mass is 10.4. The number of allylic oxidation sites excluding steroid dienone is 1. The minimum absolute atomic E-state index is 0.281. The fourth-order valence-corrected chi connectivity index (χ4v) is 0.666. The zero-order valence-electron chi connectivity index (χ0n) is 8.23. The minimum atomic E-state index is -0.281. The average molecular weight is 195 g/mol. The third-order valence-corrected chi connectivity index (χ3v) is 1.43. The van der Waals surface area contributed by atoms with E-state index in [2.05, 4.69) is 17.0 Å². The summed E-state index contributed by atoms with van der Waals surface area (Å²) in [5.41, 5.74) is 0.579. The normalized spacial score (nSPS) is 11.1. The van der Waals surface area contributed by atoms with Gasteiger partial charge in [-0.1, -0.05) is 0 Å². The van der Waals surface area contributed by atoms with Gasteiger partial charge in [-0.15, -0.1) is 0 Å². The van der Waals surface area contributed by atoms with Gasteiger partial charge in [-0.2, -0.15) is 0 Å². The van der Waals surface area contributed by atoms with Crippen molar-refractivity contribution in [1.29, 1.82) is 0 Å². The van der Waals surface area contributed by atoms with Gasteiger partial charge in [0.25, 0.3) is 0 Å². The van der Waals surface area contributed by atoms with E-state index in [0.29, 0.717) is 12.1 Å². The van der Waals surface area contributed by atoms with E-state index >= 15 is 0 Å². The first-order valence-electron chi connectivity index (χ1n) is 3.91. The van der Waals surface area contributed by atoms with Gasteiger partial charge in [-0.05, 0) is 13.6 Å². The Morgan fingerprint density at radius 3 is 2.64 bits per heavy atom. The van der Waals surface area contributed by atoms with Crippen molar-refractivity contribution < 1.29 is 9.59 Å². The molecular weight excluding hydrogens is 182 g/mol. The molecule has 0 unspecified atom stereocenters. The van der Waals surface area contributed by atoms with Crippen LogP contribution in [0.2, 0.25) is 0 Å². The van der Waals surface area contributed by atoms with Gasteiger partial charge in [-0.3, -0.25) is 19.5 Å². The van der Waals surface area contributed by atoms with Crippen molar-refractivity contribution in [3.8, 4) is 0 Å². The van der Waals surface area contributed by atoms with Gasteiger partial charge in [0.15, 0.2) is 0 Å². The van der Waals surface area contributed by atoms with Crippen LogP contribution in [-0.2, 0) is 9.59 Å². The number of aliphatic imine (C=N–C) groups is 1. The summed E-state index contributed by atoms with van der Waals surface area (Å²) in [6.07, 6.45) is 4.59. The molecule has 0 heterocycles. The summed E-state index contributed by atoms with van der Waals surface area (Å²) in [6, 6.07) is 0. The maximum absolute atomic E-state index is 10.8. The molecule has 0 aliphatic carbocycles. The molecule has 0 fully saturated rings. The van der Waals surface area contributed by atoms with Crippen molar-refractivity contribution in [2.24, 2.45) is 4.99 Å². The number of likely N-dealkylation sites (N-methyl/N-ethyl adjacent to an activating group) is 1. The van der Waals surface area contributed by atoms with Crippen LogP contribution in [-0.4, -0.2) is 31.0 Å². The van der Waals surface area contributed by atoms with Crippen LogP contribution in [0.1, 0.15) is 6.92 Å². The van der Waals surface area contributed by atoms with E-state index in [1.807, 2.05) is 0 Å². The molecule has 76 valence electrons. The van der Waals surface area contributed by atoms with Gasteiger partial charge in [0.2, 0.25) is 12.3 Å². The van der Waals surface area contributed by atoms with E-state index < -0.39 is 0 Å². The number of rotatable bonds is 5. The Balaban J connectivity index is 4.51. The van der Waals surface area contributed by atoms with E-state index in [4.69, 9.17) is 0 Å². The molecule has 0 saturated heterocycles. The van der Waals surface area contributed by atoms with Crippen molar-refractivity contribution >= 4 is 19.0 Å². The van der Waals surface area contributed by atoms with E-state index in [1.54, 1.807) is 6.92 Å². The Morgan fingerprint density at radius 1 is 1.57 bits per heavy atom. The molecule has 0 aromatic rings. The van der Waals surface area contributed by atoms with Gasteiger partial charge < -0.3 is 5.32 Å². The molecule has 0 aromatic carbocycles. The van der Waals surface area contributed by atoms with Crippen LogP contribution in [0, 0.1) is 0 Å². The summed E-state index contributed by atoms with van der Waals surface area (Å²) in [5.74, 6) is -0.281. The predicted octanol–water partition coefficient (Wildman–Crippen LogP) is 0.266. The SMILES string of the molecule is C=N/C=C(\C)N(C=O)/C=C\C(=O)NC. The van der Waals surface area contributed by atoms with Crippen LogP contribution in [0.4, 0.5) is 0 Å². The molecule has 0 spiro atoms. The number of carbonyl (C=O) groups is 2. The van der Waals surface area contributed by atoms with Gasteiger partial charge in [0, 0.05) is 31.2 Å². The Kier molecular flexibility index (Phi) is 5.69. The van der Waals surface area contributed by atoms with Crippen molar-refractivity contribution in [3.05, 3.63) is 24.2 Å². The molecule has 2 amide bonds. The molecule has 0 atom stereocenters. The highest BCUT2D eigenvalue weighted by Gasteiger charge is 1.99. The third-order valence-electron chi connectivity index (χ3n) is 1.43. The second kappa shape index (κ2) is 6.59. The first-order chi connectivity index (χ1) is 6.65. The van der Waals surface area contributed by atoms with Crippen LogP contribution in [0.15, 0.2) is 29.2 Å². The first-order valence-corrected chi connectivity index (χ1v) is 3.91. The summed E-state index contributed by atoms with van der Waals surface area (Å²) in [5, 5.41) is 2.39. The monoisotopic (exact) mass is 195 g/mol. The van der Waals surface area contributed by atoms with Crippen LogP contribution in [0.5, 0.6) is 0 Å². The summed E-state index contributed by atoms with van der Waals surface area (Å²) < 4.78 is 0. The summed E-state index contributed by atoms with van der Waals surface area (Å²) in [4.78, 5) is 26.1. The second-order valence-electron chi connectivity index (χ2n) is 2.40. The summed E-state index contributed by atoms with van der Waals surface area (Å²) in [7, 11) is 1.51. The number of nitrogens with one attached hydrogen (secondary N) is 1. The van der Waals surface area contributed by atoms with E-state index in [0.717, 1.165) is 0 Å². The maximum Gasteiger partial charge on any atom is 0.245 e. The molecule has 0 rings (SSSR count). The third kappa shape index (κ3) is 4.20. The van der Waals surface area contributed by atoms with Crippen LogP contribution >= 0.6 is 0 Å². The molecule has 14 heavy (non-hydrogen) atoms. The molecular formula is C9H13N3O2. The number of carbonyl (C=O) groups excluding carboxylic acids is 2. The number of nitrogens with zero attached hydrogens (tertiary/aromatic N) is 2. The van der Waals surface area contributed by atoms with E-state index in [9.17, 15) is 9.59 Å². The zero-order valence-corrected chi connectivity index (χ0v) is 8.23. The fraction of sp³-hybridized carbons (Fsp3) is 0.222. The molecule has 0 aromatic heterocycles. The molecule has 5 nitrogen and oxygen atoms in total. The quantitative estimate of drug-likeness (QED) is 0.389. The van der Waals surface area contributed by atoms with E-state index in [1.165, 1.54) is 30.4 Å². The topological polar surface area (TPSA) is 61.8 Å². The van der Waals surface area contributed by atoms with Crippen LogP contribution < -0.4 is 5.32 Å². The molecule has 0 aliphatic rings. The predicted molar refractivity (Wildman–Crippen MR) is 54.4 cm³/mol. The van der Waals surface area contributed by atoms with Gasteiger partial charge in [0.1, 0.15) is 0 Å². The van der Waals surface area contributed by atoms with E-state index in [-0.39, 0.29) is 5.91 Å². The Labute approximate surface area is 82.8 Å². The van der Waals surface area contributed by atoms with Gasteiger partial charge in [0.05, 0.1) is 0 Å². The Hall–Kier alpha value is -1.91. The van der Waals surface area contributed by atoms with Gasteiger partial charge >= 0.3 is 0 Å². The van der Waals surface area contributed by atoms with Crippen molar-refractivity contribution in [2.75, 3.05) is 7.05 Å². The number of hydrogen-bond donors (Lipinski definition) is 1. The lowest BCUT2D eigenvalue weighted by Crippen LogP contribution is -2.17. The molecule has 0 radical (unpaired) electrons. The largest absolute Gasteiger partial charge is 0.356 e. The highest BCUT2D eigenvalue weighted by atomic mass is 16.1. The lowest BCUT2D eigenvalue weighted by Gasteiger charge is -2.10. The standard InChI is InChI=1S/C9H13N3O2/c1-8(6-10-2)12(7-13)5-4-9(14)11-3/h4-7H,2H2,1,3H3,(H,11,14)/b5-4-,8-6+. The highest BCUT2D eigenvalue weighted by molar-refractivity contribution is 5.87. The smallest absolute Gasteiger partial charge is 0.245 e. The lowest BCUT2D eigenvalue weighted by molar-refractivity contribution is -0.116. The zero-order chi connectivity index (χ0) is 11.0. The Morgan fingerprint density at radius 2 is 2.21 bits per heavy atom. The van der Waals surface area contributed by atoms with Crippen LogP contribution in [0.3, 0.4) is 0 Å². The van der Waals surface area contributed by atoms with Crippen LogP contribution in [0.25, 0.3) is 0 Å². The van der Waals surface area contributed by atoms with Crippen molar-refractivity contribution in [1.82, 2.24) is 10.2 Å². The number of hydrogen-bond acceptors (Lipinski definition) is 3. The minimum Gasteiger partial charge on any atom is -0.356 e. The van der Waals surface area contributed by atoms with Crippen molar-refractivity contribution in [3.63, 3.8) is 0 Å². The van der Waals surface area contributed by atoms with Gasteiger partial charge in [-0.25, -0.2) is 0 Å². The second-order valence-corrected chi connectivity index (χ2v) is 2.40. The molecule has 0 aliphatic heterocycles. The fourth-order valence-electron chi connectivity index (χ4n) is 0.666. The summed E-state index contributed by atoms with van der Waals surface area (Å²) in [6.45, 7) is 4.93.